The van der Waals surface area contributed by atoms with Crippen LogP contribution < -0.4 is 5.73 Å². The van der Waals surface area contributed by atoms with Gasteiger partial charge in [-0.05, 0) is 49.2 Å². The number of pyridine rings is 1. The van der Waals surface area contributed by atoms with Gasteiger partial charge in [0.2, 0.25) is 0 Å². The molecular weight excluding hydrogens is 286 g/mol. The van der Waals surface area contributed by atoms with E-state index < -0.39 is 0 Å². The van der Waals surface area contributed by atoms with Crippen LogP contribution in [0.25, 0.3) is 0 Å². The highest BCUT2D eigenvalue weighted by Crippen LogP contribution is 2.14. The molecule has 122 valence electrons. The van der Waals surface area contributed by atoms with Crippen molar-refractivity contribution >= 4 is 11.5 Å². The summed E-state index contributed by atoms with van der Waals surface area (Å²) in [6.07, 6.45) is 5.13. The number of rotatable bonds is 8. The number of hydrogen-bond acceptors (Lipinski definition) is 4. The molecule has 0 bridgehead atoms. The third-order valence-corrected chi connectivity index (χ3v) is 4.17. The van der Waals surface area contributed by atoms with Crippen LogP contribution in [-0.2, 0) is 6.42 Å². The molecule has 0 saturated carbocycles. The minimum atomic E-state index is 0.152. The lowest BCUT2D eigenvalue weighted by molar-refractivity contribution is 0.0965. The average Bonchev–Trinajstić information content (AvgIpc) is 2.58. The molecule has 0 aliphatic rings. The van der Waals surface area contributed by atoms with Crippen molar-refractivity contribution in [2.75, 3.05) is 25.4 Å². The van der Waals surface area contributed by atoms with Gasteiger partial charge in [-0.25, -0.2) is 0 Å². The number of likely N-dealkylation sites (N-methyl/N-ethyl adjacent to an activating group) is 1. The molecule has 0 fully saturated rings. The Morgan fingerprint density at radius 3 is 2.57 bits per heavy atom. The van der Waals surface area contributed by atoms with Gasteiger partial charge in [0.25, 0.3) is 0 Å². The van der Waals surface area contributed by atoms with E-state index in [1.165, 1.54) is 5.56 Å². The number of Topliss-reactive ketones (excluding diaryl/α,β-unsaturated/α-hetero) is 1. The average molecular weight is 311 g/mol. The Labute approximate surface area is 138 Å². The number of nitrogen functional groups attached to an aromatic ring is 1. The molecule has 2 aromatic rings. The topological polar surface area (TPSA) is 59.2 Å². The molecular formula is C19H25N3O. The van der Waals surface area contributed by atoms with E-state index >= 15 is 0 Å². The summed E-state index contributed by atoms with van der Waals surface area (Å²) in [7, 11) is 0. The minimum absolute atomic E-state index is 0.152. The maximum Gasteiger partial charge on any atom is 0.164 e. The highest BCUT2D eigenvalue weighted by molar-refractivity contribution is 5.97. The number of ketones is 1. The van der Waals surface area contributed by atoms with E-state index in [1.807, 2.05) is 43.6 Å². The summed E-state index contributed by atoms with van der Waals surface area (Å²) in [4.78, 5) is 18.6. The van der Waals surface area contributed by atoms with E-state index in [-0.39, 0.29) is 5.78 Å². The molecule has 23 heavy (non-hydrogen) atoms. The fourth-order valence-corrected chi connectivity index (χ4v) is 2.48. The van der Waals surface area contributed by atoms with Crippen molar-refractivity contribution in [3.63, 3.8) is 0 Å². The molecule has 2 N–H and O–H groups in total. The van der Waals surface area contributed by atoms with Crippen LogP contribution >= 0.6 is 0 Å². The first-order chi connectivity index (χ1) is 11.1. The Morgan fingerprint density at radius 1 is 1.17 bits per heavy atom. The molecule has 2 rings (SSSR count). The second kappa shape index (κ2) is 8.44. The smallest absolute Gasteiger partial charge is 0.164 e. The monoisotopic (exact) mass is 311 g/mol. The molecule has 0 aliphatic heterocycles. The van der Waals surface area contributed by atoms with Gasteiger partial charge in [0.1, 0.15) is 0 Å². The Balaban J connectivity index is 1.84. The molecule has 0 unspecified atom stereocenters. The van der Waals surface area contributed by atoms with Crippen molar-refractivity contribution in [3.8, 4) is 0 Å². The van der Waals surface area contributed by atoms with E-state index in [0.29, 0.717) is 17.7 Å². The summed E-state index contributed by atoms with van der Waals surface area (Å²) in [5, 5.41) is 0. The summed E-state index contributed by atoms with van der Waals surface area (Å²) in [6.45, 7) is 6.73. The molecule has 1 aromatic carbocycles. The lowest BCUT2D eigenvalue weighted by Crippen LogP contribution is -2.28. The van der Waals surface area contributed by atoms with Gasteiger partial charge in [0, 0.05) is 43.2 Å². The maximum atomic E-state index is 12.3. The van der Waals surface area contributed by atoms with Crippen molar-refractivity contribution < 1.29 is 4.79 Å². The molecule has 0 spiro atoms. The predicted molar refractivity (Wildman–Crippen MR) is 94.6 cm³/mol. The van der Waals surface area contributed by atoms with E-state index in [2.05, 4.69) is 16.8 Å². The Hall–Kier alpha value is -2.20. The normalized spacial score (nSPS) is 10.9. The first-order valence-corrected chi connectivity index (χ1v) is 8.10. The van der Waals surface area contributed by atoms with Gasteiger partial charge < -0.3 is 10.6 Å². The van der Waals surface area contributed by atoms with Crippen LogP contribution in [0.2, 0.25) is 0 Å². The number of nitrogens with zero attached hydrogens (tertiary/aromatic N) is 2. The number of aryl methyl sites for hydroxylation is 1. The van der Waals surface area contributed by atoms with Gasteiger partial charge in [-0.2, -0.15) is 0 Å². The maximum absolute atomic E-state index is 12.3. The molecule has 0 amide bonds. The summed E-state index contributed by atoms with van der Waals surface area (Å²) in [5.74, 6) is 0.152. The second-order valence-electron chi connectivity index (χ2n) is 5.78. The molecule has 0 atom stereocenters. The quantitative estimate of drug-likeness (QED) is 0.601. The Kier molecular flexibility index (Phi) is 6.29. The number of carbonyl (C=O) groups excluding carboxylic acids is 1. The minimum Gasteiger partial charge on any atom is -0.398 e. The number of carbonyl (C=O) groups is 1. The zero-order valence-electron chi connectivity index (χ0n) is 14.0. The number of nitrogens with two attached hydrogens (primary N) is 1. The highest BCUT2D eigenvalue weighted by Gasteiger charge is 2.10. The number of aromatic nitrogens is 1. The van der Waals surface area contributed by atoms with Gasteiger partial charge in [-0.15, -0.1) is 0 Å². The third kappa shape index (κ3) is 5.18. The number of anilines is 1. The van der Waals surface area contributed by atoms with Crippen LogP contribution in [-0.4, -0.2) is 35.3 Å². The van der Waals surface area contributed by atoms with E-state index in [1.54, 1.807) is 6.07 Å². The van der Waals surface area contributed by atoms with Crippen LogP contribution in [0.5, 0.6) is 0 Å². The van der Waals surface area contributed by atoms with Crippen molar-refractivity contribution in [1.29, 1.82) is 0 Å². The SMILES string of the molecule is CCN(CCC(=O)c1ccc(C)c(N)c1)CCc1ccncc1. The lowest BCUT2D eigenvalue weighted by Gasteiger charge is -2.20. The first-order valence-electron chi connectivity index (χ1n) is 8.10. The van der Waals surface area contributed by atoms with Crippen LogP contribution in [0.15, 0.2) is 42.7 Å². The van der Waals surface area contributed by atoms with E-state index in [0.717, 1.165) is 31.6 Å². The summed E-state index contributed by atoms with van der Waals surface area (Å²) >= 11 is 0. The third-order valence-electron chi connectivity index (χ3n) is 4.17. The fourth-order valence-electron chi connectivity index (χ4n) is 2.48. The lowest BCUT2D eigenvalue weighted by atomic mass is 10.0. The van der Waals surface area contributed by atoms with Gasteiger partial charge in [-0.3, -0.25) is 9.78 Å². The van der Waals surface area contributed by atoms with Crippen molar-refractivity contribution in [3.05, 3.63) is 59.4 Å². The van der Waals surface area contributed by atoms with Crippen LogP contribution in [0, 0.1) is 6.92 Å². The molecule has 0 radical (unpaired) electrons. The standard InChI is InChI=1S/C19H25N3O/c1-3-22(12-8-16-6-10-21-11-7-16)13-9-19(23)17-5-4-15(2)18(20)14-17/h4-7,10-11,14H,3,8-9,12-13,20H2,1-2H3. The van der Waals surface area contributed by atoms with Crippen molar-refractivity contribution in [2.45, 2.75) is 26.7 Å². The first kappa shape index (κ1) is 17.2. The summed E-state index contributed by atoms with van der Waals surface area (Å²) < 4.78 is 0. The number of benzene rings is 1. The largest absolute Gasteiger partial charge is 0.398 e. The zero-order chi connectivity index (χ0) is 16.7. The van der Waals surface area contributed by atoms with Crippen LogP contribution in [0.1, 0.15) is 34.8 Å². The van der Waals surface area contributed by atoms with Gasteiger partial charge in [0.15, 0.2) is 5.78 Å². The fraction of sp³-hybridized carbons (Fsp3) is 0.368. The van der Waals surface area contributed by atoms with Gasteiger partial charge in [-0.1, -0.05) is 19.1 Å². The molecule has 1 aromatic heterocycles. The van der Waals surface area contributed by atoms with Crippen molar-refractivity contribution in [2.24, 2.45) is 0 Å². The highest BCUT2D eigenvalue weighted by atomic mass is 16.1. The summed E-state index contributed by atoms with van der Waals surface area (Å²) in [5.41, 5.74) is 9.56. The second-order valence-corrected chi connectivity index (χ2v) is 5.78. The molecule has 0 saturated heterocycles. The zero-order valence-corrected chi connectivity index (χ0v) is 14.0. The van der Waals surface area contributed by atoms with Crippen LogP contribution in [0.3, 0.4) is 0 Å². The Morgan fingerprint density at radius 2 is 1.91 bits per heavy atom. The molecule has 0 aliphatic carbocycles. The van der Waals surface area contributed by atoms with Crippen LogP contribution in [0.4, 0.5) is 5.69 Å². The molecule has 1 heterocycles. The van der Waals surface area contributed by atoms with Gasteiger partial charge >= 0.3 is 0 Å². The van der Waals surface area contributed by atoms with Crippen molar-refractivity contribution in [1.82, 2.24) is 9.88 Å². The summed E-state index contributed by atoms with van der Waals surface area (Å²) in [6, 6.07) is 9.62. The molecule has 4 nitrogen and oxygen atoms in total. The predicted octanol–water partition coefficient (Wildman–Crippen LogP) is 3.11. The Bertz CT molecular complexity index is 640. The van der Waals surface area contributed by atoms with E-state index in [4.69, 9.17) is 5.73 Å². The number of hydrogen-bond donors (Lipinski definition) is 1. The van der Waals surface area contributed by atoms with Gasteiger partial charge in [0.05, 0.1) is 0 Å². The van der Waals surface area contributed by atoms with E-state index in [9.17, 15) is 4.79 Å². The molecule has 4 heteroatoms.